The van der Waals surface area contributed by atoms with Gasteiger partial charge in [0.05, 0.1) is 4.92 Å². The normalized spacial score (nSPS) is 10.2. The fraction of sp³-hybridized carbons (Fsp3) is 0.176. The molecular formula is C17H15NO6. The maximum atomic E-state index is 12.1. The first-order valence-electron chi connectivity index (χ1n) is 7.04. The molecule has 0 heterocycles. The van der Waals surface area contributed by atoms with Crippen LogP contribution in [-0.2, 0) is 4.74 Å². The lowest BCUT2D eigenvalue weighted by Gasteiger charge is -2.07. The van der Waals surface area contributed by atoms with Crippen LogP contribution in [0.3, 0.4) is 0 Å². The number of aryl methyl sites for hydroxylation is 2. The fourth-order valence-electron chi connectivity index (χ4n) is 2.09. The Labute approximate surface area is 137 Å². The number of Topliss-reactive ketones (excluding diaryl/α,β-unsaturated/α-hetero) is 1. The number of hydrogen-bond acceptors (Lipinski definition) is 6. The Kier molecular flexibility index (Phi) is 4.93. The zero-order chi connectivity index (χ0) is 17.9. The van der Waals surface area contributed by atoms with Crippen molar-refractivity contribution in [2.45, 2.75) is 13.8 Å². The molecule has 0 aliphatic heterocycles. The summed E-state index contributed by atoms with van der Waals surface area (Å²) in [7, 11) is 0. The Bertz CT molecular complexity index is 828. The number of benzene rings is 2. The number of carbonyl (C=O) groups excluding carboxylic acids is 2. The van der Waals surface area contributed by atoms with E-state index in [-0.39, 0.29) is 22.6 Å². The van der Waals surface area contributed by atoms with Gasteiger partial charge in [-0.1, -0.05) is 23.8 Å². The van der Waals surface area contributed by atoms with Gasteiger partial charge in [-0.05, 0) is 26.0 Å². The maximum Gasteiger partial charge on any atom is 0.342 e. The summed E-state index contributed by atoms with van der Waals surface area (Å²) in [5, 5.41) is 20.6. The number of ketones is 1. The van der Waals surface area contributed by atoms with Crippen LogP contribution >= 0.6 is 0 Å². The van der Waals surface area contributed by atoms with Gasteiger partial charge < -0.3 is 9.84 Å². The molecule has 0 spiro atoms. The molecule has 124 valence electrons. The second-order valence-electron chi connectivity index (χ2n) is 5.28. The molecule has 0 bridgehead atoms. The molecule has 0 saturated heterocycles. The molecule has 0 aliphatic rings. The molecule has 7 heteroatoms. The summed E-state index contributed by atoms with van der Waals surface area (Å²) in [5.41, 5.74) is 1.04. The second-order valence-corrected chi connectivity index (χ2v) is 5.28. The van der Waals surface area contributed by atoms with Crippen molar-refractivity contribution in [1.29, 1.82) is 0 Å². The minimum Gasteiger partial charge on any atom is -0.507 e. The highest BCUT2D eigenvalue weighted by Gasteiger charge is 2.18. The van der Waals surface area contributed by atoms with Crippen molar-refractivity contribution >= 4 is 17.4 Å². The van der Waals surface area contributed by atoms with E-state index in [1.54, 1.807) is 19.9 Å². The number of aromatic hydroxyl groups is 1. The van der Waals surface area contributed by atoms with E-state index in [0.717, 1.165) is 11.6 Å². The quantitative estimate of drug-likeness (QED) is 0.391. The summed E-state index contributed by atoms with van der Waals surface area (Å²) in [5.74, 6) is -1.66. The summed E-state index contributed by atoms with van der Waals surface area (Å²) in [4.78, 5) is 34.3. The molecule has 2 aromatic carbocycles. The second kappa shape index (κ2) is 6.91. The number of phenols is 1. The van der Waals surface area contributed by atoms with Crippen molar-refractivity contribution in [2.75, 3.05) is 6.61 Å². The average Bonchev–Trinajstić information content (AvgIpc) is 2.54. The van der Waals surface area contributed by atoms with Gasteiger partial charge in [0.25, 0.3) is 5.69 Å². The third-order valence-corrected chi connectivity index (χ3v) is 3.43. The molecule has 1 N–H and O–H groups in total. The largest absolute Gasteiger partial charge is 0.507 e. The highest BCUT2D eigenvalue weighted by atomic mass is 16.6. The van der Waals surface area contributed by atoms with E-state index in [0.29, 0.717) is 5.56 Å². The van der Waals surface area contributed by atoms with E-state index >= 15 is 0 Å². The van der Waals surface area contributed by atoms with Gasteiger partial charge in [-0.2, -0.15) is 0 Å². The molecule has 7 nitrogen and oxygen atoms in total. The van der Waals surface area contributed by atoms with Crippen molar-refractivity contribution in [2.24, 2.45) is 0 Å². The number of nitro benzene ring substituents is 1. The lowest BCUT2D eigenvalue weighted by atomic mass is 10.1. The lowest BCUT2D eigenvalue weighted by molar-refractivity contribution is -0.385. The number of hydrogen-bond donors (Lipinski definition) is 1. The van der Waals surface area contributed by atoms with Crippen LogP contribution in [0.15, 0.2) is 36.4 Å². The van der Waals surface area contributed by atoms with Crippen molar-refractivity contribution in [3.05, 3.63) is 68.8 Å². The van der Waals surface area contributed by atoms with Crippen LogP contribution in [0.5, 0.6) is 5.75 Å². The standard InChI is InChI=1S/C17H15NO6/c1-10-3-6-15(19)13(7-10)17(21)24-9-16(20)12-5-4-11(2)14(8-12)18(22)23/h3-8,19H,9H2,1-2H3. The van der Waals surface area contributed by atoms with Gasteiger partial charge in [0.1, 0.15) is 11.3 Å². The van der Waals surface area contributed by atoms with E-state index in [2.05, 4.69) is 0 Å². The van der Waals surface area contributed by atoms with Crippen LogP contribution in [0, 0.1) is 24.0 Å². The number of ether oxygens (including phenoxy) is 1. The highest BCUT2D eigenvalue weighted by molar-refractivity contribution is 6.00. The first-order valence-corrected chi connectivity index (χ1v) is 7.04. The van der Waals surface area contributed by atoms with Crippen LogP contribution in [0.4, 0.5) is 5.69 Å². The molecule has 0 aliphatic carbocycles. The van der Waals surface area contributed by atoms with Gasteiger partial charge in [0.2, 0.25) is 5.78 Å². The van der Waals surface area contributed by atoms with Crippen LogP contribution in [-0.4, -0.2) is 28.4 Å². The van der Waals surface area contributed by atoms with E-state index in [1.165, 1.54) is 24.3 Å². The average molecular weight is 329 g/mol. The highest BCUT2D eigenvalue weighted by Crippen LogP contribution is 2.21. The summed E-state index contributed by atoms with van der Waals surface area (Å²) in [6.45, 7) is 2.73. The number of nitro groups is 1. The molecule has 0 radical (unpaired) electrons. The number of nitrogens with zero attached hydrogens (tertiary/aromatic N) is 1. The Morgan fingerprint density at radius 2 is 1.88 bits per heavy atom. The minimum atomic E-state index is -0.842. The van der Waals surface area contributed by atoms with Crippen molar-refractivity contribution in [3.63, 3.8) is 0 Å². The summed E-state index contributed by atoms with van der Waals surface area (Å²) < 4.78 is 4.89. The van der Waals surface area contributed by atoms with Gasteiger partial charge in [-0.25, -0.2) is 4.79 Å². The zero-order valence-corrected chi connectivity index (χ0v) is 13.1. The van der Waals surface area contributed by atoms with Crippen LogP contribution in [0.1, 0.15) is 31.8 Å². The first-order chi connectivity index (χ1) is 11.3. The molecule has 0 saturated carbocycles. The number of phenolic OH excluding ortho intramolecular Hbond substituents is 1. The molecule has 0 amide bonds. The molecule has 0 aromatic heterocycles. The van der Waals surface area contributed by atoms with E-state index in [1.807, 2.05) is 0 Å². The third kappa shape index (κ3) is 3.75. The number of rotatable bonds is 5. The molecule has 24 heavy (non-hydrogen) atoms. The van der Waals surface area contributed by atoms with Crippen molar-refractivity contribution in [3.8, 4) is 5.75 Å². The predicted molar refractivity (Wildman–Crippen MR) is 85.3 cm³/mol. The van der Waals surface area contributed by atoms with Crippen molar-refractivity contribution in [1.82, 2.24) is 0 Å². The minimum absolute atomic E-state index is 0.0438. The molecule has 2 aromatic rings. The monoisotopic (exact) mass is 329 g/mol. The third-order valence-electron chi connectivity index (χ3n) is 3.43. The van der Waals surface area contributed by atoms with E-state index < -0.39 is 23.3 Å². The Balaban J connectivity index is 2.10. The van der Waals surface area contributed by atoms with Crippen LogP contribution in [0.2, 0.25) is 0 Å². The summed E-state index contributed by atoms with van der Waals surface area (Å²) >= 11 is 0. The van der Waals surface area contributed by atoms with E-state index in [9.17, 15) is 24.8 Å². The van der Waals surface area contributed by atoms with Gasteiger partial charge in [-0.15, -0.1) is 0 Å². The first kappa shape index (κ1) is 17.1. The molecule has 0 atom stereocenters. The van der Waals surface area contributed by atoms with Crippen LogP contribution < -0.4 is 0 Å². The Morgan fingerprint density at radius 1 is 1.17 bits per heavy atom. The lowest BCUT2D eigenvalue weighted by Crippen LogP contribution is -2.15. The van der Waals surface area contributed by atoms with Gasteiger partial charge in [0.15, 0.2) is 6.61 Å². The van der Waals surface area contributed by atoms with Gasteiger partial charge in [-0.3, -0.25) is 14.9 Å². The smallest absolute Gasteiger partial charge is 0.342 e. The zero-order valence-electron chi connectivity index (χ0n) is 13.1. The summed E-state index contributed by atoms with van der Waals surface area (Å²) in [6.07, 6.45) is 0. The van der Waals surface area contributed by atoms with Crippen LogP contribution in [0.25, 0.3) is 0 Å². The molecule has 0 unspecified atom stereocenters. The fourth-order valence-corrected chi connectivity index (χ4v) is 2.09. The molecular weight excluding hydrogens is 314 g/mol. The Hall–Kier alpha value is -3.22. The van der Waals surface area contributed by atoms with Crippen molar-refractivity contribution < 1.29 is 24.4 Å². The number of carbonyl (C=O) groups is 2. The maximum absolute atomic E-state index is 12.1. The summed E-state index contributed by atoms with van der Waals surface area (Å²) in [6, 6.07) is 8.47. The Morgan fingerprint density at radius 3 is 2.54 bits per heavy atom. The predicted octanol–water partition coefficient (Wildman–Crippen LogP) is 2.96. The molecule has 2 rings (SSSR count). The topological polar surface area (TPSA) is 107 Å². The number of esters is 1. The van der Waals surface area contributed by atoms with Gasteiger partial charge in [0, 0.05) is 17.2 Å². The SMILES string of the molecule is Cc1ccc(O)c(C(=O)OCC(=O)c2ccc(C)c([N+](=O)[O-])c2)c1. The van der Waals surface area contributed by atoms with E-state index in [4.69, 9.17) is 4.74 Å². The van der Waals surface area contributed by atoms with Gasteiger partial charge >= 0.3 is 5.97 Å². The molecule has 0 fully saturated rings.